The van der Waals surface area contributed by atoms with Crippen LogP contribution in [-0.4, -0.2) is 8.80 Å². The van der Waals surface area contributed by atoms with Crippen molar-refractivity contribution in [2.45, 2.75) is 18.8 Å². The Morgan fingerprint density at radius 1 is 0.422 bits per heavy atom. The van der Waals surface area contributed by atoms with E-state index in [2.05, 4.69) is 190 Å². The fourth-order valence-corrected chi connectivity index (χ4v) is 11.1. The van der Waals surface area contributed by atoms with Gasteiger partial charge in [-0.2, -0.15) is 10.5 Å². The summed E-state index contributed by atoms with van der Waals surface area (Å²) in [6.45, 7) is 2.36. The van der Waals surface area contributed by atoms with Gasteiger partial charge in [0.15, 0.2) is 0 Å². The number of rotatable bonds is 7. The van der Waals surface area contributed by atoms with Gasteiger partial charge in [0.1, 0.15) is 0 Å². The molecule has 0 saturated carbocycles. The molecule has 5 heteroatoms. The SMILES string of the molecule is CC(c1ccc2c3cc4c(cc3n3c5ccccc5c1c23)c1ccc(N(c2ccccc2)c2ccc(C#N)cc2)c2c3ccccc3n4c12)C(c1ccccc1)c1ccc(C#N)cc1. The fourth-order valence-electron chi connectivity index (χ4n) is 11.1. The van der Waals surface area contributed by atoms with Gasteiger partial charge < -0.3 is 13.7 Å². The summed E-state index contributed by atoms with van der Waals surface area (Å²) in [5, 5.41) is 29.2. The highest BCUT2D eigenvalue weighted by atomic mass is 15.1. The van der Waals surface area contributed by atoms with Crippen molar-refractivity contribution < 1.29 is 0 Å². The first-order valence-corrected chi connectivity index (χ1v) is 21.8. The summed E-state index contributed by atoms with van der Waals surface area (Å²) in [7, 11) is 0. The minimum absolute atomic E-state index is 0.0811. The fraction of sp³-hybridized carbons (Fsp3) is 0.0508. The van der Waals surface area contributed by atoms with Gasteiger partial charge in [-0.25, -0.2) is 0 Å². The second kappa shape index (κ2) is 13.7. The highest BCUT2D eigenvalue weighted by molar-refractivity contribution is 6.31. The van der Waals surface area contributed by atoms with Crippen molar-refractivity contribution in [3.8, 4) is 12.1 Å². The zero-order valence-electron chi connectivity index (χ0n) is 34.9. The molecule has 4 aromatic heterocycles. The summed E-state index contributed by atoms with van der Waals surface area (Å²) in [6, 6.07) is 73.9. The van der Waals surface area contributed by atoms with E-state index in [1.807, 2.05) is 36.4 Å². The van der Waals surface area contributed by atoms with E-state index in [1.165, 1.54) is 92.9 Å². The predicted octanol–water partition coefficient (Wildman–Crippen LogP) is 15.1. The molecule has 64 heavy (non-hydrogen) atoms. The molecule has 2 unspecified atom stereocenters. The lowest BCUT2D eigenvalue weighted by Crippen LogP contribution is -2.11. The lowest BCUT2D eigenvalue weighted by atomic mass is 9.77. The maximum Gasteiger partial charge on any atom is 0.0991 e. The van der Waals surface area contributed by atoms with Gasteiger partial charge >= 0.3 is 0 Å². The van der Waals surface area contributed by atoms with E-state index >= 15 is 0 Å². The van der Waals surface area contributed by atoms with Crippen molar-refractivity contribution in [2.75, 3.05) is 4.90 Å². The van der Waals surface area contributed by atoms with Crippen LogP contribution in [0, 0.1) is 22.7 Å². The van der Waals surface area contributed by atoms with E-state index in [1.54, 1.807) is 0 Å². The van der Waals surface area contributed by atoms with E-state index in [-0.39, 0.29) is 11.8 Å². The molecular formula is C59H37N5. The van der Waals surface area contributed by atoms with Crippen LogP contribution in [0.5, 0.6) is 0 Å². The number of benzene rings is 9. The van der Waals surface area contributed by atoms with Crippen LogP contribution in [0.2, 0.25) is 0 Å². The molecule has 0 N–H and O–H groups in total. The molecule has 0 aliphatic rings. The molecular weight excluding hydrogens is 779 g/mol. The molecule has 13 rings (SSSR count). The minimum Gasteiger partial charge on any atom is -0.310 e. The van der Waals surface area contributed by atoms with Crippen molar-refractivity contribution in [3.05, 3.63) is 222 Å². The Bertz CT molecular complexity index is 4040. The van der Waals surface area contributed by atoms with Crippen LogP contribution < -0.4 is 4.90 Å². The molecule has 0 saturated heterocycles. The number of hydrogen-bond donors (Lipinski definition) is 0. The molecule has 0 spiro atoms. The van der Waals surface area contributed by atoms with Crippen molar-refractivity contribution in [2.24, 2.45) is 0 Å². The number of aromatic nitrogens is 2. The normalized spacial score (nSPS) is 12.9. The second-order valence-corrected chi connectivity index (χ2v) is 17.1. The Morgan fingerprint density at radius 3 is 1.52 bits per heavy atom. The molecule has 0 radical (unpaired) electrons. The van der Waals surface area contributed by atoms with Crippen LogP contribution in [-0.2, 0) is 0 Å². The molecule has 9 aromatic carbocycles. The standard InChI is InChI=1S/C59H37N5/c1-36(55(39-12-4-2-5-13-39)40-24-20-37(34-60)21-25-40)43-28-29-44-48-32-54-49(33-53(48)63-50-18-10-8-16-46(50)56(43)58(44)63)45-30-31-52(57-47-17-9-11-19-51(47)64(54)59(45)57)62(41-14-6-3-7-15-41)42-26-22-38(35-61)23-27-42/h2-33,36,55H,1H3. The van der Waals surface area contributed by atoms with Crippen molar-refractivity contribution in [1.82, 2.24) is 8.80 Å². The van der Waals surface area contributed by atoms with Gasteiger partial charge in [-0.15, -0.1) is 0 Å². The van der Waals surface area contributed by atoms with Gasteiger partial charge in [0, 0.05) is 60.4 Å². The number of para-hydroxylation sites is 3. The number of anilines is 3. The van der Waals surface area contributed by atoms with Gasteiger partial charge in [0.05, 0.1) is 62.1 Å². The topological polar surface area (TPSA) is 59.6 Å². The molecule has 0 bridgehead atoms. The number of fused-ring (bicyclic) bond motifs is 12. The monoisotopic (exact) mass is 815 g/mol. The summed E-state index contributed by atoms with van der Waals surface area (Å²) in [6.07, 6.45) is 0. The second-order valence-electron chi connectivity index (χ2n) is 17.1. The molecule has 5 nitrogen and oxygen atoms in total. The lowest BCUT2D eigenvalue weighted by molar-refractivity contribution is 0.662. The molecule has 0 fully saturated rings. The molecule has 4 heterocycles. The van der Waals surface area contributed by atoms with Crippen LogP contribution >= 0.6 is 0 Å². The molecule has 0 amide bonds. The van der Waals surface area contributed by atoms with E-state index in [0.717, 1.165) is 17.1 Å². The third kappa shape index (κ3) is 4.98. The molecule has 13 aromatic rings. The van der Waals surface area contributed by atoms with E-state index in [4.69, 9.17) is 0 Å². The zero-order valence-corrected chi connectivity index (χ0v) is 34.9. The van der Waals surface area contributed by atoms with Crippen LogP contribution in [0.4, 0.5) is 17.1 Å². The first kappa shape index (κ1) is 36.1. The highest BCUT2D eigenvalue weighted by Crippen LogP contribution is 2.51. The van der Waals surface area contributed by atoms with E-state index in [9.17, 15) is 10.5 Å². The van der Waals surface area contributed by atoms with E-state index < -0.39 is 0 Å². The number of nitriles is 2. The summed E-state index contributed by atoms with van der Waals surface area (Å²) < 4.78 is 5.01. The van der Waals surface area contributed by atoms with Gasteiger partial charge in [-0.3, -0.25) is 0 Å². The number of hydrogen-bond acceptors (Lipinski definition) is 3. The zero-order chi connectivity index (χ0) is 42.6. The third-order valence-electron chi connectivity index (χ3n) is 13.9. The quantitative estimate of drug-likeness (QED) is 0.161. The first-order chi connectivity index (χ1) is 31.6. The summed E-state index contributed by atoms with van der Waals surface area (Å²) in [5.74, 6) is 0.204. The average Bonchev–Trinajstić information content (AvgIpc) is 4.08. The predicted molar refractivity (Wildman–Crippen MR) is 263 cm³/mol. The minimum atomic E-state index is 0.0811. The lowest BCUT2D eigenvalue weighted by Gasteiger charge is -2.26. The van der Waals surface area contributed by atoms with Crippen LogP contribution in [0.25, 0.3) is 76.2 Å². The first-order valence-electron chi connectivity index (χ1n) is 21.8. The molecule has 298 valence electrons. The van der Waals surface area contributed by atoms with Crippen molar-refractivity contribution in [1.29, 1.82) is 10.5 Å². The highest BCUT2D eigenvalue weighted by Gasteiger charge is 2.30. The van der Waals surface area contributed by atoms with Gasteiger partial charge in [-0.05, 0) is 101 Å². The summed E-state index contributed by atoms with van der Waals surface area (Å²) in [5.41, 5.74) is 15.4. The third-order valence-corrected chi connectivity index (χ3v) is 13.9. The van der Waals surface area contributed by atoms with E-state index in [0.29, 0.717) is 11.1 Å². The Labute approximate surface area is 368 Å². The van der Waals surface area contributed by atoms with Gasteiger partial charge in [0.2, 0.25) is 0 Å². The van der Waals surface area contributed by atoms with Gasteiger partial charge in [0.25, 0.3) is 0 Å². The number of nitrogens with zero attached hydrogens (tertiary/aromatic N) is 5. The van der Waals surface area contributed by atoms with Crippen LogP contribution in [0.3, 0.4) is 0 Å². The summed E-state index contributed by atoms with van der Waals surface area (Å²) >= 11 is 0. The van der Waals surface area contributed by atoms with Crippen molar-refractivity contribution in [3.63, 3.8) is 0 Å². The maximum absolute atomic E-state index is 9.65. The smallest absolute Gasteiger partial charge is 0.0991 e. The van der Waals surface area contributed by atoms with Gasteiger partial charge in [-0.1, -0.05) is 122 Å². The Balaban J connectivity index is 1.08. The Morgan fingerprint density at radius 2 is 0.906 bits per heavy atom. The molecule has 2 atom stereocenters. The van der Waals surface area contributed by atoms with Crippen LogP contribution in [0.1, 0.15) is 46.6 Å². The Kier molecular flexibility index (Phi) is 7.71. The maximum atomic E-state index is 9.65. The Hall–Kier alpha value is -8.64. The summed E-state index contributed by atoms with van der Waals surface area (Å²) in [4.78, 5) is 2.32. The molecule has 0 aliphatic heterocycles. The largest absolute Gasteiger partial charge is 0.310 e. The van der Waals surface area contributed by atoms with Crippen LogP contribution in [0.15, 0.2) is 194 Å². The molecule has 0 aliphatic carbocycles. The average molecular weight is 816 g/mol. The van der Waals surface area contributed by atoms with Crippen molar-refractivity contribution >= 4 is 93.3 Å².